The minimum absolute atomic E-state index is 0. The molecule has 0 aromatic rings. The van der Waals surface area contributed by atoms with E-state index in [1.54, 1.807) is 0 Å². The molecule has 2 unspecified atom stereocenters. The van der Waals surface area contributed by atoms with Crippen LogP contribution in [0.25, 0.3) is 0 Å². The van der Waals surface area contributed by atoms with E-state index in [1.165, 1.54) is 57.8 Å². The Morgan fingerprint density at radius 1 is 0.621 bits per heavy atom. The third-order valence-corrected chi connectivity index (χ3v) is 7.04. The molecule has 0 aliphatic carbocycles. The third-order valence-electron chi connectivity index (χ3n) is 5.75. The van der Waals surface area contributed by atoms with E-state index in [9.17, 15) is 18.1 Å². The Labute approximate surface area is 204 Å². The van der Waals surface area contributed by atoms with Gasteiger partial charge in [-0.3, -0.25) is 0 Å². The van der Waals surface area contributed by atoms with Crippen molar-refractivity contribution in [2.45, 2.75) is 147 Å². The molecule has 0 aliphatic heterocycles. The molecule has 0 aromatic heterocycles. The standard InChI is InChI=1S/C23H48O4S.Na/c1-3-5-7-8-9-10-11-12-13-14-15-17-19-23(28(25,26)27)21-20-22(24)18-16-6-4-2;/h22-24H,3-21H2,1-2H3,(H,25,26,27);/q;+1/p-1. The molecule has 0 spiro atoms. The van der Waals surface area contributed by atoms with Crippen molar-refractivity contribution in [3.63, 3.8) is 0 Å². The molecule has 1 N–H and O–H groups in total. The van der Waals surface area contributed by atoms with Crippen molar-refractivity contribution >= 4 is 10.1 Å². The molecule has 0 amide bonds. The summed E-state index contributed by atoms with van der Waals surface area (Å²) >= 11 is 0. The van der Waals surface area contributed by atoms with E-state index in [1.807, 2.05) is 0 Å². The molecule has 0 saturated heterocycles. The SMILES string of the molecule is CCCCCCCCCCCCCCC(CCC(O)CCCCC)S(=O)(=O)[O-].[Na+]. The van der Waals surface area contributed by atoms with Crippen molar-refractivity contribution in [2.24, 2.45) is 0 Å². The molecule has 6 heteroatoms. The summed E-state index contributed by atoms with van der Waals surface area (Å²) in [5, 5.41) is 9.14. The number of hydrogen-bond donors (Lipinski definition) is 1. The fraction of sp³-hybridized carbons (Fsp3) is 1.00. The molecule has 0 aliphatic rings. The van der Waals surface area contributed by atoms with Crippen LogP contribution < -0.4 is 29.6 Å². The summed E-state index contributed by atoms with van der Waals surface area (Å²) in [4.78, 5) is 0. The molecule has 0 radical (unpaired) electrons. The molecular formula is C23H47NaO4S. The Balaban J connectivity index is 0. The maximum atomic E-state index is 11.5. The van der Waals surface area contributed by atoms with E-state index in [4.69, 9.17) is 0 Å². The van der Waals surface area contributed by atoms with E-state index >= 15 is 0 Å². The van der Waals surface area contributed by atoms with Crippen LogP contribution in [0.4, 0.5) is 0 Å². The van der Waals surface area contributed by atoms with Gasteiger partial charge in [0.15, 0.2) is 0 Å². The second kappa shape index (κ2) is 22.1. The van der Waals surface area contributed by atoms with E-state index in [0.717, 1.165) is 38.5 Å². The predicted octanol–water partition coefficient (Wildman–Crippen LogP) is 3.72. The summed E-state index contributed by atoms with van der Waals surface area (Å²) < 4.78 is 34.5. The van der Waals surface area contributed by atoms with Crippen LogP contribution in [-0.4, -0.2) is 29.4 Å². The van der Waals surface area contributed by atoms with Crippen molar-refractivity contribution in [3.8, 4) is 0 Å². The Morgan fingerprint density at radius 3 is 1.45 bits per heavy atom. The first-order valence-corrected chi connectivity index (χ1v) is 13.5. The van der Waals surface area contributed by atoms with E-state index in [2.05, 4.69) is 13.8 Å². The average molecular weight is 443 g/mol. The van der Waals surface area contributed by atoms with Gasteiger partial charge in [0.05, 0.1) is 16.2 Å². The first kappa shape index (κ1) is 32.1. The number of unbranched alkanes of at least 4 members (excludes halogenated alkanes) is 13. The first-order valence-electron chi connectivity index (χ1n) is 12.0. The van der Waals surface area contributed by atoms with Crippen molar-refractivity contribution in [3.05, 3.63) is 0 Å². The zero-order valence-corrected chi connectivity index (χ0v) is 22.5. The molecular weight excluding hydrogens is 395 g/mol. The Hall–Kier alpha value is 0.870. The zero-order chi connectivity index (χ0) is 21.1. The summed E-state index contributed by atoms with van der Waals surface area (Å²) in [5.74, 6) is 0. The maximum absolute atomic E-state index is 11.5. The minimum atomic E-state index is -4.26. The minimum Gasteiger partial charge on any atom is -0.748 e. The van der Waals surface area contributed by atoms with Crippen LogP contribution in [0.3, 0.4) is 0 Å². The molecule has 29 heavy (non-hydrogen) atoms. The predicted molar refractivity (Wildman–Crippen MR) is 119 cm³/mol. The van der Waals surface area contributed by atoms with Crippen LogP contribution in [0, 0.1) is 0 Å². The molecule has 4 nitrogen and oxygen atoms in total. The van der Waals surface area contributed by atoms with Crippen molar-refractivity contribution in [1.29, 1.82) is 0 Å². The van der Waals surface area contributed by atoms with Gasteiger partial charge in [-0.2, -0.15) is 0 Å². The molecule has 170 valence electrons. The number of hydrogen-bond acceptors (Lipinski definition) is 4. The van der Waals surface area contributed by atoms with Crippen LogP contribution in [0.1, 0.15) is 136 Å². The zero-order valence-electron chi connectivity index (χ0n) is 19.7. The number of aliphatic hydroxyl groups excluding tert-OH is 1. The van der Waals surface area contributed by atoms with Crippen LogP contribution in [-0.2, 0) is 10.1 Å². The first-order chi connectivity index (χ1) is 13.4. The van der Waals surface area contributed by atoms with Gasteiger partial charge in [0.1, 0.15) is 0 Å². The summed E-state index contributed by atoms with van der Waals surface area (Å²) in [7, 11) is -4.26. The quantitative estimate of drug-likeness (QED) is 0.167. The topological polar surface area (TPSA) is 77.4 Å². The van der Waals surface area contributed by atoms with Gasteiger partial charge in [-0.25, -0.2) is 8.42 Å². The van der Waals surface area contributed by atoms with Crippen molar-refractivity contribution in [1.82, 2.24) is 0 Å². The summed E-state index contributed by atoms with van der Waals surface area (Å²) in [6.45, 7) is 4.35. The Kier molecular flexibility index (Phi) is 24.4. The molecule has 0 bridgehead atoms. The average Bonchev–Trinajstić information content (AvgIpc) is 2.64. The smallest absolute Gasteiger partial charge is 0.748 e. The monoisotopic (exact) mass is 442 g/mol. The fourth-order valence-corrected chi connectivity index (χ4v) is 4.68. The van der Waals surface area contributed by atoms with Gasteiger partial charge in [-0.15, -0.1) is 0 Å². The van der Waals surface area contributed by atoms with Crippen LogP contribution >= 0.6 is 0 Å². The van der Waals surface area contributed by atoms with Crippen LogP contribution in [0.15, 0.2) is 0 Å². The molecule has 0 aromatic carbocycles. The molecule has 0 heterocycles. The van der Waals surface area contributed by atoms with E-state index in [0.29, 0.717) is 25.7 Å². The van der Waals surface area contributed by atoms with E-state index in [-0.39, 0.29) is 29.6 Å². The summed E-state index contributed by atoms with van der Waals surface area (Å²) in [5.41, 5.74) is 0. The Bertz CT molecular complexity index is 429. The second-order valence-corrected chi connectivity index (χ2v) is 10.2. The van der Waals surface area contributed by atoms with E-state index < -0.39 is 21.5 Å². The van der Waals surface area contributed by atoms with Gasteiger partial charge in [0.2, 0.25) is 0 Å². The normalized spacial score (nSPS) is 13.8. The fourth-order valence-electron chi connectivity index (χ4n) is 3.80. The van der Waals surface area contributed by atoms with Gasteiger partial charge in [0.25, 0.3) is 0 Å². The van der Waals surface area contributed by atoms with Gasteiger partial charge >= 0.3 is 29.6 Å². The van der Waals surface area contributed by atoms with Gasteiger partial charge < -0.3 is 9.66 Å². The van der Waals surface area contributed by atoms with Gasteiger partial charge in [0, 0.05) is 5.25 Å². The molecule has 0 fully saturated rings. The van der Waals surface area contributed by atoms with Gasteiger partial charge in [-0.05, 0) is 25.7 Å². The maximum Gasteiger partial charge on any atom is 1.00 e. The molecule has 0 rings (SSSR count). The third kappa shape index (κ3) is 21.9. The molecule has 0 saturated carbocycles. The van der Waals surface area contributed by atoms with Crippen LogP contribution in [0.2, 0.25) is 0 Å². The largest absolute Gasteiger partial charge is 1.00 e. The number of rotatable bonds is 21. The van der Waals surface area contributed by atoms with Crippen molar-refractivity contribution in [2.75, 3.05) is 0 Å². The van der Waals surface area contributed by atoms with Crippen molar-refractivity contribution < 1.29 is 47.6 Å². The second-order valence-electron chi connectivity index (χ2n) is 8.52. The molecule has 2 atom stereocenters. The number of aliphatic hydroxyl groups is 1. The summed E-state index contributed by atoms with van der Waals surface area (Å²) in [6, 6.07) is 0. The summed E-state index contributed by atoms with van der Waals surface area (Å²) in [6.07, 6.45) is 19.3. The Morgan fingerprint density at radius 2 is 1.00 bits per heavy atom. The van der Waals surface area contributed by atoms with Gasteiger partial charge in [-0.1, -0.05) is 110 Å². The van der Waals surface area contributed by atoms with Crippen LogP contribution in [0.5, 0.6) is 0 Å².